The Hall–Kier alpha value is -0.0800. The van der Waals surface area contributed by atoms with Crippen LogP contribution in [0.1, 0.15) is 78.1 Å². The zero-order valence-corrected chi connectivity index (χ0v) is 12.5. The summed E-state index contributed by atoms with van der Waals surface area (Å²) in [6.45, 7) is 6.15. The molecule has 0 amide bonds. The molecule has 1 aliphatic carbocycles. The maximum atomic E-state index is 6.00. The third kappa shape index (κ3) is 6.75. The molecule has 0 spiro atoms. The summed E-state index contributed by atoms with van der Waals surface area (Å²) in [4.78, 5) is 0. The van der Waals surface area contributed by atoms with Crippen molar-refractivity contribution in [2.24, 2.45) is 5.92 Å². The minimum atomic E-state index is 0.0706. The second-order valence-corrected chi connectivity index (χ2v) is 5.57. The molecule has 108 valence electrons. The van der Waals surface area contributed by atoms with E-state index in [-0.39, 0.29) is 6.29 Å². The van der Waals surface area contributed by atoms with E-state index >= 15 is 0 Å². The zero-order chi connectivity index (χ0) is 13.1. The molecule has 0 aromatic heterocycles. The van der Waals surface area contributed by atoms with E-state index in [1.54, 1.807) is 0 Å². The Kier molecular flexibility index (Phi) is 9.59. The molecule has 0 heterocycles. The summed E-state index contributed by atoms with van der Waals surface area (Å²) in [6, 6.07) is 0. The van der Waals surface area contributed by atoms with Gasteiger partial charge in [0.1, 0.15) is 0 Å². The van der Waals surface area contributed by atoms with Crippen LogP contribution in [-0.4, -0.2) is 19.5 Å². The third-order valence-electron chi connectivity index (χ3n) is 3.84. The molecule has 0 aromatic rings. The van der Waals surface area contributed by atoms with Crippen molar-refractivity contribution in [3.05, 3.63) is 0 Å². The predicted molar refractivity (Wildman–Crippen MR) is 76.7 cm³/mol. The van der Waals surface area contributed by atoms with Crippen LogP contribution >= 0.6 is 0 Å². The van der Waals surface area contributed by atoms with Gasteiger partial charge in [-0.3, -0.25) is 0 Å². The van der Waals surface area contributed by atoms with Gasteiger partial charge in [0.15, 0.2) is 6.29 Å². The molecule has 0 unspecified atom stereocenters. The van der Waals surface area contributed by atoms with Crippen LogP contribution in [0.5, 0.6) is 0 Å². The molecule has 2 nitrogen and oxygen atoms in total. The van der Waals surface area contributed by atoms with Gasteiger partial charge in [-0.05, 0) is 25.7 Å². The highest BCUT2D eigenvalue weighted by Crippen LogP contribution is 2.28. The summed E-state index contributed by atoms with van der Waals surface area (Å²) in [5.74, 6) is 0.640. The summed E-state index contributed by atoms with van der Waals surface area (Å²) < 4.78 is 12.0. The topological polar surface area (TPSA) is 18.5 Å². The molecule has 0 aliphatic heterocycles. The molecule has 1 rings (SSSR count). The van der Waals surface area contributed by atoms with Gasteiger partial charge in [0.2, 0.25) is 0 Å². The first-order chi connectivity index (χ1) is 8.88. The van der Waals surface area contributed by atoms with Gasteiger partial charge in [0.25, 0.3) is 0 Å². The average molecular weight is 256 g/mol. The van der Waals surface area contributed by atoms with Crippen LogP contribution < -0.4 is 0 Å². The molecule has 18 heavy (non-hydrogen) atoms. The van der Waals surface area contributed by atoms with E-state index in [9.17, 15) is 0 Å². The van der Waals surface area contributed by atoms with Crippen molar-refractivity contribution in [2.75, 3.05) is 13.2 Å². The largest absolute Gasteiger partial charge is 0.352 e. The van der Waals surface area contributed by atoms with Crippen LogP contribution in [0.3, 0.4) is 0 Å². The molecule has 0 radical (unpaired) electrons. The Morgan fingerprint density at radius 2 is 1.33 bits per heavy atom. The SMILES string of the molecule is CCCCOC(OCCCC)C1CCCCCC1. The van der Waals surface area contributed by atoms with E-state index < -0.39 is 0 Å². The lowest BCUT2D eigenvalue weighted by molar-refractivity contribution is -0.175. The monoisotopic (exact) mass is 256 g/mol. The van der Waals surface area contributed by atoms with Gasteiger partial charge < -0.3 is 9.47 Å². The Bertz CT molecular complexity index is 164. The molecule has 1 aliphatic rings. The van der Waals surface area contributed by atoms with E-state index in [1.165, 1.54) is 51.4 Å². The van der Waals surface area contributed by atoms with Gasteiger partial charge >= 0.3 is 0 Å². The highest BCUT2D eigenvalue weighted by atomic mass is 16.7. The lowest BCUT2D eigenvalue weighted by Crippen LogP contribution is -2.28. The molecule has 0 atom stereocenters. The maximum Gasteiger partial charge on any atom is 0.160 e. The second-order valence-electron chi connectivity index (χ2n) is 5.57. The smallest absolute Gasteiger partial charge is 0.160 e. The van der Waals surface area contributed by atoms with E-state index in [0.717, 1.165) is 26.1 Å². The van der Waals surface area contributed by atoms with Crippen molar-refractivity contribution in [1.29, 1.82) is 0 Å². The lowest BCUT2D eigenvalue weighted by atomic mass is 10.00. The fourth-order valence-corrected chi connectivity index (χ4v) is 2.59. The first-order valence-corrected chi connectivity index (χ1v) is 8.11. The second kappa shape index (κ2) is 10.8. The van der Waals surface area contributed by atoms with Gasteiger partial charge in [0.05, 0.1) is 0 Å². The molecule has 0 aromatic carbocycles. The Morgan fingerprint density at radius 1 is 0.833 bits per heavy atom. The minimum absolute atomic E-state index is 0.0706. The first-order valence-electron chi connectivity index (χ1n) is 8.11. The molecular weight excluding hydrogens is 224 g/mol. The van der Waals surface area contributed by atoms with E-state index in [2.05, 4.69) is 13.8 Å². The molecule has 0 N–H and O–H groups in total. The summed E-state index contributed by atoms with van der Waals surface area (Å²) in [5, 5.41) is 0. The van der Waals surface area contributed by atoms with Crippen molar-refractivity contribution in [3.8, 4) is 0 Å². The van der Waals surface area contributed by atoms with E-state index in [4.69, 9.17) is 9.47 Å². The van der Waals surface area contributed by atoms with Gasteiger partial charge in [0, 0.05) is 19.1 Å². The van der Waals surface area contributed by atoms with E-state index in [1.807, 2.05) is 0 Å². The minimum Gasteiger partial charge on any atom is -0.352 e. The van der Waals surface area contributed by atoms with Crippen LogP contribution in [0.4, 0.5) is 0 Å². The van der Waals surface area contributed by atoms with E-state index in [0.29, 0.717) is 5.92 Å². The van der Waals surface area contributed by atoms with Crippen LogP contribution in [0.2, 0.25) is 0 Å². The quantitative estimate of drug-likeness (QED) is 0.331. The normalized spacial score (nSPS) is 18.2. The average Bonchev–Trinajstić information content (AvgIpc) is 2.66. The van der Waals surface area contributed by atoms with Gasteiger partial charge in [-0.1, -0.05) is 52.4 Å². The molecule has 2 heteroatoms. The van der Waals surface area contributed by atoms with Crippen molar-refractivity contribution >= 4 is 0 Å². The number of ether oxygens (including phenoxy) is 2. The summed E-state index contributed by atoms with van der Waals surface area (Å²) >= 11 is 0. The van der Waals surface area contributed by atoms with Gasteiger partial charge in [-0.2, -0.15) is 0 Å². The molecular formula is C16H32O2. The van der Waals surface area contributed by atoms with Crippen LogP contribution in [0.25, 0.3) is 0 Å². The van der Waals surface area contributed by atoms with Crippen LogP contribution in [0, 0.1) is 5.92 Å². The molecule has 1 saturated carbocycles. The zero-order valence-electron chi connectivity index (χ0n) is 12.5. The standard InChI is InChI=1S/C16H32O2/c1-3-5-13-17-16(18-14-6-4-2)15-11-9-7-8-10-12-15/h15-16H,3-14H2,1-2H3. The van der Waals surface area contributed by atoms with Crippen LogP contribution in [0.15, 0.2) is 0 Å². The maximum absolute atomic E-state index is 6.00. The molecule has 0 bridgehead atoms. The Labute approximate surface area is 113 Å². The number of rotatable bonds is 9. The van der Waals surface area contributed by atoms with Crippen molar-refractivity contribution in [3.63, 3.8) is 0 Å². The molecule has 1 fully saturated rings. The lowest BCUT2D eigenvalue weighted by Gasteiger charge is -2.26. The van der Waals surface area contributed by atoms with Crippen molar-refractivity contribution in [2.45, 2.75) is 84.3 Å². The highest BCUT2D eigenvalue weighted by Gasteiger charge is 2.23. The van der Waals surface area contributed by atoms with Gasteiger partial charge in [-0.25, -0.2) is 0 Å². The fourth-order valence-electron chi connectivity index (χ4n) is 2.59. The Morgan fingerprint density at radius 3 is 1.78 bits per heavy atom. The first kappa shape index (κ1) is 16.0. The predicted octanol–water partition coefficient (Wildman–Crippen LogP) is 4.92. The summed E-state index contributed by atoms with van der Waals surface area (Å²) in [7, 11) is 0. The number of hydrogen-bond acceptors (Lipinski definition) is 2. The Balaban J connectivity index is 2.34. The third-order valence-corrected chi connectivity index (χ3v) is 3.84. The summed E-state index contributed by atoms with van der Waals surface area (Å²) in [6.07, 6.45) is 12.9. The van der Waals surface area contributed by atoms with Crippen LogP contribution in [-0.2, 0) is 9.47 Å². The number of hydrogen-bond donors (Lipinski definition) is 0. The number of unbranched alkanes of at least 4 members (excludes halogenated alkanes) is 2. The fraction of sp³-hybridized carbons (Fsp3) is 1.00. The highest BCUT2D eigenvalue weighted by molar-refractivity contribution is 4.68. The van der Waals surface area contributed by atoms with Crippen molar-refractivity contribution < 1.29 is 9.47 Å². The van der Waals surface area contributed by atoms with Crippen molar-refractivity contribution in [1.82, 2.24) is 0 Å². The summed E-state index contributed by atoms with van der Waals surface area (Å²) in [5.41, 5.74) is 0. The molecule has 0 saturated heterocycles. The van der Waals surface area contributed by atoms with Gasteiger partial charge in [-0.15, -0.1) is 0 Å².